The van der Waals surface area contributed by atoms with Crippen LogP contribution in [0.4, 0.5) is 15.9 Å². The molecule has 0 saturated heterocycles. The molecule has 1 N–H and O–H groups in total. The van der Waals surface area contributed by atoms with Crippen molar-refractivity contribution in [2.45, 2.75) is 0 Å². The predicted octanol–water partition coefficient (Wildman–Crippen LogP) is 3.67. The zero-order valence-electron chi connectivity index (χ0n) is 7.92. The highest BCUT2D eigenvalue weighted by molar-refractivity contribution is 6.31. The Labute approximate surface area is 101 Å². The van der Waals surface area contributed by atoms with Crippen LogP contribution in [-0.2, 0) is 0 Å². The molecule has 1 aromatic heterocycles. The number of nitrogens with one attached hydrogen (secondary N) is 1. The molecule has 6 heteroatoms. The van der Waals surface area contributed by atoms with Crippen LogP contribution in [0.15, 0.2) is 30.6 Å². The number of aromatic nitrogens is 2. The Morgan fingerprint density at radius 1 is 1.06 bits per heavy atom. The molecule has 0 unspecified atom stereocenters. The van der Waals surface area contributed by atoms with Gasteiger partial charge in [0.05, 0.1) is 0 Å². The summed E-state index contributed by atoms with van der Waals surface area (Å²) in [6.45, 7) is 0. The van der Waals surface area contributed by atoms with Crippen LogP contribution in [0, 0.1) is 5.82 Å². The molecule has 0 aliphatic carbocycles. The highest BCUT2D eigenvalue weighted by Crippen LogP contribution is 2.21. The number of anilines is 2. The lowest BCUT2D eigenvalue weighted by Crippen LogP contribution is -1.94. The van der Waals surface area contributed by atoms with Crippen LogP contribution in [0.3, 0.4) is 0 Å². The van der Waals surface area contributed by atoms with Crippen molar-refractivity contribution in [3.05, 3.63) is 46.6 Å². The number of nitrogens with zero attached hydrogens (tertiary/aromatic N) is 2. The SMILES string of the molecule is Fc1cc(Cl)cc(Nc2cc(Cl)ncn2)c1. The second-order valence-corrected chi connectivity index (χ2v) is 3.83. The van der Waals surface area contributed by atoms with Gasteiger partial charge in [0, 0.05) is 16.8 Å². The van der Waals surface area contributed by atoms with Gasteiger partial charge in [-0.05, 0) is 18.2 Å². The molecule has 3 nitrogen and oxygen atoms in total. The van der Waals surface area contributed by atoms with Gasteiger partial charge in [0.15, 0.2) is 0 Å². The number of hydrogen-bond donors (Lipinski definition) is 1. The van der Waals surface area contributed by atoms with Crippen molar-refractivity contribution in [3.8, 4) is 0 Å². The molecule has 1 aromatic carbocycles. The summed E-state index contributed by atoms with van der Waals surface area (Å²) in [6.07, 6.45) is 1.31. The Kier molecular flexibility index (Phi) is 3.22. The summed E-state index contributed by atoms with van der Waals surface area (Å²) in [5.41, 5.74) is 0.500. The predicted molar refractivity (Wildman–Crippen MR) is 61.7 cm³/mol. The van der Waals surface area contributed by atoms with Crippen molar-refractivity contribution in [2.24, 2.45) is 0 Å². The first-order valence-electron chi connectivity index (χ1n) is 4.34. The molecular formula is C10H6Cl2FN3. The average Bonchev–Trinajstić information content (AvgIpc) is 2.15. The number of halogens is 3. The van der Waals surface area contributed by atoms with E-state index in [9.17, 15) is 4.39 Å². The Bertz CT molecular complexity index is 499. The van der Waals surface area contributed by atoms with Crippen molar-refractivity contribution in [2.75, 3.05) is 5.32 Å². The van der Waals surface area contributed by atoms with E-state index >= 15 is 0 Å². The van der Waals surface area contributed by atoms with E-state index in [2.05, 4.69) is 15.3 Å². The summed E-state index contributed by atoms with van der Waals surface area (Å²) in [6, 6.07) is 5.64. The lowest BCUT2D eigenvalue weighted by molar-refractivity contribution is 0.628. The van der Waals surface area contributed by atoms with E-state index in [1.165, 1.54) is 24.5 Å². The van der Waals surface area contributed by atoms with Gasteiger partial charge in [-0.3, -0.25) is 0 Å². The molecule has 0 fully saturated rings. The minimum absolute atomic E-state index is 0.306. The molecule has 0 aliphatic heterocycles. The first-order valence-corrected chi connectivity index (χ1v) is 5.10. The normalized spacial score (nSPS) is 10.2. The van der Waals surface area contributed by atoms with E-state index in [1.807, 2.05) is 0 Å². The van der Waals surface area contributed by atoms with Crippen LogP contribution < -0.4 is 5.32 Å². The summed E-state index contributed by atoms with van der Waals surface area (Å²) in [5, 5.41) is 3.48. The molecule has 0 bridgehead atoms. The third-order valence-electron chi connectivity index (χ3n) is 1.77. The summed E-state index contributed by atoms with van der Waals surface area (Å²) in [4.78, 5) is 7.65. The number of rotatable bonds is 2. The summed E-state index contributed by atoms with van der Waals surface area (Å²) in [7, 11) is 0. The first kappa shape index (κ1) is 11.1. The standard InChI is InChI=1S/C10H6Cl2FN3/c11-6-1-7(13)3-8(2-6)16-10-4-9(12)14-5-15-10/h1-5H,(H,14,15,16). The van der Waals surface area contributed by atoms with E-state index < -0.39 is 5.82 Å². The molecular weight excluding hydrogens is 252 g/mol. The van der Waals surface area contributed by atoms with Gasteiger partial charge in [0.25, 0.3) is 0 Å². The zero-order chi connectivity index (χ0) is 11.5. The van der Waals surface area contributed by atoms with E-state index in [0.717, 1.165) is 0 Å². The minimum atomic E-state index is -0.421. The zero-order valence-corrected chi connectivity index (χ0v) is 9.43. The van der Waals surface area contributed by atoms with Gasteiger partial charge >= 0.3 is 0 Å². The monoisotopic (exact) mass is 257 g/mol. The Balaban J connectivity index is 2.27. The molecule has 0 saturated carbocycles. The summed E-state index contributed by atoms with van der Waals surface area (Å²) < 4.78 is 13.0. The fourth-order valence-electron chi connectivity index (χ4n) is 1.18. The van der Waals surface area contributed by atoms with Crippen LogP contribution in [0.1, 0.15) is 0 Å². The second-order valence-electron chi connectivity index (χ2n) is 3.01. The van der Waals surface area contributed by atoms with Gasteiger partial charge in [-0.1, -0.05) is 23.2 Å². The van der Waals surface area contributed by atoms with E-state index in [0.29, 0.717) is 21.7 Å². The van der Waals surface area contributed by atoms with Crippen molar-refractivity contribution in [1.29, 1.82) is 0 Å². The van der Waals surface area contributed by atoms with Crippen LogP contribution in [0.25, 0.3) is 0 Å². The third kappa shape index (κ3) is 2.81. The molecule has 1 heterocycles. The van der Waals surface area contributed by atoms with Gasteiger partial charge in [0.2, 0.25) is 0 Å². The van der Waals surface area contributed by atoms with Gasteiger partial charge in [-0.2, -0.15) is 0 Å². The molecule has 0 aliphatic rings. The fourth-order valence-corrected chi connectivity index (χ4v) is 1.54. The number of benzene rings is 1. The van der Waals surface area contributed by atoms with Gasteiger partial charge in [-0.15, -0.1) is 0 Å². The van der Waals surface area contributed by atoms with Crippen molar-refractivity contribution in [1.82, 2.24) is 9.97 Å². The van der Waals surface area contributed by atoms with Crippen molar-refractivity contribution >= 4 is 34.7 Å². The maximum Gasteiger partial charge on any atom is 0.135 e. The van der Waals surface area contributed by atoms with Crippen LogP contribution in [0.5, 0.6) is 0 Å². The van der Waals surface area contributed by atoms with Crippen LogP contribution in [-0.4, -0.2) is 9.97 Å². The number of hydrogen-bond acceptors (Lipinski definition) is 3. The van der Waals surface area contributed by atoms with E-state index in [4.69, 9.17) is 23.2 Å². The maximum absolute atomic E-state index is 13.0. The molecule has 2 aromatic rings. The lowest BCUT2D eigenvalue weighted by atomic mass is 10.3. The van der Waals surface area contributed by atoms with Gasteiger partial charge in [0.1, 0.15) is 23.1 Å². The fraction of sp³-hybridized carbons (Fsp3) is 0. The largest absolute Gasteiger partial charge is 0.340 e. The van der Waals surface area contributed by atoms with E-state index in [1.54, 1.807) is 6.07 Å². The molecule has 0 spiro atoms. The molecule has 0 amide bonds. The molecule has 82 valence electrons. The molecule has 0 radical (unpaired) electrons. The summed E-state index contributed by atoms with van der Waals surface area (Å²) >= 11 is 11.4. The second kappa shape index (κ2) is 4.63. The van der Waals surface area contributed by atoms with Crippen molar-refractivity contribution in [3.63, 3.8) is 0 Å². The summed E-state index contributed by atoms with van der Waals surface area (Å²) in [5.74, 6) is 0.0526. The van der Waals surface area contributed by atoms with Gasteiger partial charge < -0.3 is 5.32 Å². The van der Waals surface area contributed by atoms with Gasteiger partial charge in [-0.25, -0.2) is 14.4 Å². The molecule has 0 atom stereocenters. The quantitative estimate of drug-likeness (QED) is 0.835. The Hall–Kier alpha value is -1.39. The third-order valence-corrected chi connectivity index (χ3v) is 2.19. The smallest absolute Gasteiger partial charge is 0.135 e. The Morgan fingerprint density at radius 2 is 1.88 bits per heavy atom. The molecule has 16 heavy (non-hydrogen) atoms. The van der Waals surface area contributed by atoms with Crippen molar-refractivity contribution < 1.29 is 4.39 Å². The lowest BCUT2D eigenvalue weighted by Gasteiger charge is -2.05. The van der Waals surface area contributed by atoms with Crippen LogP contribution in [0.2, 0.25) is 10.2 Å². The van der Waals surface area contributed by atoms with Crippen LogP contribution >= 0.6 is 23.2 Å². The first-order chi connectivity index (χ1) is 7.63. The topological polar surface area (TPSA) is 37.8 Å². The maximum atomic E-state index is 13.0. The highest BCUT2D eigenvalue weighted by atomic mass is 35.5. The highest BCUT2D eigenvalue weighted by Gasteiger charge is 2.01. The van der Waals surface area contributed by atoms with E-state index in [-0.39, 0.29) is 0 Å². The Morgan fingerprint density at radius 3 is 2.56 bits per heavy atom. The minimum Gasteiger partial charge on any atom is -0.340 e. The average molecular weight is 258 g/mol. The molecule has 2 rings (SSSR count).